The number of hydrogen-bond acceptors (Lipinski definition) is 0. The molecule has 0 unspecified atom stereocenters. The molecule has 1 aliphatic rings. The van der Waals surface area contributed by atoms with Crippen molar-refractivity contribution in [3.8, 4) is 11.1 Å². The van der Waals surface area contributed by atoms with Gasteiger partial charge < -0.3 is 0 Å². The summed E-state index contributed by atoms with van der Waals surface area (Å²) in [4.78, 5) is 0. The molecule has 0 heterocycles. The van der Waals surface area contributed by atoms with E-state index >= 15 is 4.39 Å². The molecule has 0 radical (unpaired) electrons. The Labute approximate surface area is 182 Å². The van der Waals surface area contributed by atoms with Crippen LogP contribution >= 0.6 is 0 Å². The van der Waals surface area contributed by atoms with Gasteiger partial charge in [-0.05, 0) is 78.5 Å². The average Bonchev–Trinajstić information content (AvgIpc) is 2.81. The molecule has 3 aromatic carbocycles. The van der Waals surface area contributed by atoms with E-state index in [0.717, 1.165) is 5.92 Å². The van der Waals surface area contributed by atoms with E-state index in [4.69, 9.17) is 0 Å². The van der Waals surface area contributed by atoms with Gasteiger partial charge in [0, 0.05) is 5.56 Å². The summed E-state index contributed by atoms with van der Waals surface area (Å²) in [5.41, 5.74) is 2.51. The first kappa shape index (κ1) is 21.7. The highest BCUT2D eigenvalue weighted by atomic mass is 19.2. The lowest BCUT2D eigenvalue weighted by molar-refractivity contribution is 0.319. The summed E-state index contributed by atoms with van der Waals surface area (Å²) in [6, 6.07) is 12.8. The van der Waals surface area contributed by atoms with Gasteiger partial charge in [-0.25, -0.2) is 13.2 Å². The van der Waals surface area contributed by atoms with E-state index in [-0.39, 0.29) is 10.9 Å². The van der Waals surface area contributed by atoms with Crippen LogP contribution in [-0.2, 0) is 6.42 Å². The van der Waals surface area contributed by atoms with Gasteiger partial charge in [0.2, 0.25) is 0 Å². The predicted molar refractivity (Wildman–Crippen MR) is 123 cm³/mol. The van der Waals surface area contributed by atoms with Gasteiger partial charge in [-0.3, -0.25) is 0 Å². The fraction of sp³-hybridized carbons (Fsp3) is 0.357. The summed E-state index contributed by atoms with van der Waals surface area (Å²) in [7, 11) is 0. The second kappa shape index (κ2) is 9.30. The van der Waals surface area contributed by atoms with Crippen molar-refractivity contribution < 1.29 is 13.2 Å². The van der Waals surface area contributed by atoms with Crippen LogP contribution in [0, 0.1) is 23.4 Å². The first-order chi connectivity index (χ1) is 15.0. The van der Waals surface area contributed by atoms with E-state index in [0.29, 0.717) is 35.3 Å². The Hall–Kier alpha value is -2.55. The maximum Gasteiger partial charge on any atom is 0.169 e. The van der Waals surface area contributed by atoms with E-state index < -0.39 is 17.5 Å². The summed E-state index contributed by atoms with van der Waals surface area (Å²) in [6.45, 7) is 5.87. The lowest BCUT2D eigenvalue weighted by atomic mass is 9.77. The molecule has 3 aromatic rings. The third-order valence-corrected chi connectivity index (χ3v) is 6.93. The van der Waals surface area contributed by atoms with Crippen molar-refractivity contribution in [2.75, 3.05) is 0 Å². The van der Waals surface area contributed by atoms with Crippen molar-refractivity contribution in [2.45, 2.75) is 57.8 Å². The summed E-state index contributed by atoms with van der Waals surface area (Å²) in [6.07, 6.45) is 8.71. The molecule has 0 amide bonds. The van der Waals surface area contributed by atoms with Gasteiger partial charge in [-0.1, -0.05) is 55.8 Å². The van der Waals surface area contributed by atoms with Crippen LogP contribution in [0.1, 0.15) is 62.5 Å². The number of benzene rings is 3. The Morgan fingerprint density at radius 1 is 0.903 bits per heavy atom. The maximum absolute atomic E-state index is 15.3. The Morgan fingerprint density at radius 3 is 2.26 bits per heavy atom. The highest BCUT2D eigenvalue weighted by Crippen LogP contribution is 2.38. The third-order valence-electron chi connectivity index (χ3n) is 6.93. The number of aryl methyl sites for hydroxylation is 1. The molecule has 0 nitrogen and oxygen atoms in total. The monoisotopic (exact) mass is 422 g/mol. The molecule has 1 fully saturated rings. The van der Waals surface area contributed by atoms with Crippen LogP contribution < -0.4 is 0 Å². The highest BCUT2D eigenvalue weighted by molar-refractivity contribution is 5.89. The van der Waals surface area contributed by atoms with Gasteiger partial charge in [0.05, 0.1) is 5.39 Å². The highest BCUT2D eigenvalue weighted by Gasteiger charge is 2.22. The molecule has 0 bridgehead atoms. The average molecular weight is 423 g/mol. The van der Waals surface area contributed by atoms with Crippen molar-refractivity contribution in [3.63, 3.8) is 0 Å². The molecule has 4 rings (SSSR count). The lowest BCUT2D eigenvalue weighted by Crippen LogP contribution is -2.12. The molecule has 3 heteroatoms. The predicted octanol–water partition coefficient (Wildman–Crippen LogP) is 8.73. The Bertz CT molecular complexity index is 1070. The molecular weight excluding hydrogens is 393 g/mol. The van der Waals surface area contributed by atoms with Crippen molar-refractivity contribution in [1.82, 2.24) is 0 Å². The van der Waals surface area contributed by atoms with Crippen LogP contribution in [0.4, 0.5) is 13.2 Å². The van der Waals surface area contributed by atoms with Crippen molar-refractivity contribution >= 4 is 10.8 Å². The lowest BCUT2D eigenvalue weighted by Gasteiger charge is -2.28. The van der Waals surface area contributed by atoms with Crippen LogP contribution in [0.5, 0.6) is 0 Å². The van der Waals surface area contributed by atoms with Gasteiger partial charge in [0.25, 0.3) is 0 Å². The number of halogens is 3. The smallest absolute Gasteiger partial charge is 0.169 e. The van der Waals surface area contributed by atoms with Crippen molar-refractivity contribution in [2.24, 2.45) is 5.92 Å². The fourth-order valence-corrected chi connectivity index (χ4v) is 4.94. The summed E-state index contributed by atoms with van der Waals surface area (Å²) in [5, 5.41) is 0.0998. The van der Waals surface area contributed by atoms with E-state index in [9.17, 15) is 8.78 Å². The first-order valence-electron chi connectivity index (χ1n) is 11.3. The van der Waals surface area contributed by atoms with Crippen molar-refractivity contribution in [1.29, 1.82) is 0 Å². The third kappa shape index (κ3) is 4.28. The van der Waals surface area contributed by atoms with Gasteiger partial charge in [-0.15, -0.1) is 6.58 Å². The Balaban J connectivity index is 1.64. The Morgan fingerprint density at radius 2 is 1.61 bits per heavy atom. The summed E-state index contributed by atoms with van der Waals surface area (Å²) in [5.74, 6) is -1.39. The molecule has 0 N–H and O–H groups in total. The van der Waals surface area contributed by atoms with Crippen LogP contribution in [0.3, 0.4) is 0 Å². The fourth-order valence-electron chi connectivity index (χ4n) is 4.94. The summed E-state index contributed by atoms with van der Waals surface area (Å²) < 4.78 is 44.6. The molecule has 1 aliphatic carbocycles. The largest absolute Gasteiger partial charge is 0.206 e. The zero-order valence-corrected chi connectivity index (χ0v) is 18.1. The van der Waals surface area contributed by atoms with Crippen LogP contribution in [-0.4, -0.2) is 0 Å². The topological polar surface area (TPSA) is 0 Å². The molecule has 31 heavy (non-hydrogen) atoms. The van der Waals surface area contributed by atoms with Crippen molar-refractivity contribution in [3.05, 3.63) is 83.7 Å². The van der Waals surface area contributed by atoms with Gasteiger partial charge in [-0.2, -0.15) is 0 Å². The second-order valence-corrected chi connectivity index (χ2v) is 8.76. The number of fused-ring (bicyclic) bond motifs is 1. The number of allylic oxidation sites excluding steroid dienone is 1. The molecule has 0 aromatic heterocycles. The molecule has 1 saturated carbocycles. The minimum atomic E-state index is -1.11. The summed E-state index contributed by atoms with van der Waals surface area (Å²) >= 11 is 0. The normalized spacial score (nSPS) is 19.0. The van der Waals surface area contributed by atoms with E-state index in [2.05, 4.69) is 25.6 Å². The van der Waals surface area contributed by atoms with E-state index in [1.54, 1.807) is 24.3 Å². The van der Waals surface area contributed by atoms with E-state index in [1.165, 1.54) is 37.7 Å². The zero-order valence-electron chi connectivity index (χ0n) is 18.1. The van der Waals surface area contributed by atoms with Crippen LogP contribution in [0.25, 0.3) is 21.9 Å². The van der Waals surface area contributed by atoms with Gasteiger partial charge >= 0.3 is 0 Å². The quantitative estimate of drug-likeness (QED) is 0.348. The minimum Gasteiger partial charge on any atom is -0.206 e. The van der Waals surface area contributed by atoms with Gasteiger partial charge in [0.1, 0.15) is 5.82 Å². The Kier molecular flexibility index (Phi) is 6.50. The molecular formula is C28H29F3. The SMILES string of the molecule is C=CCCc1cc2ccc(-c3ccc(C4CCC(CC)CC4)cc3)c(F)c2c(F)c1F. The molecule has 0 aliphatic heterocycles. The zero-order chi connectivity index (χ0) is 22.0. The minimum absolute atomic E-state index is 0.249. The molecule has 0 atom stereocenters. The second-order valence-electron chi connectivity index (χ2n) is 8.76. The van der Waals surface area contributed by atoms with Gasteiger partial charge in [0.15, 0.2) is 11.6 Å². The molecule has 162 valence electrons. The molecule has 0 spiro atoms. The standard InChI is InChI=1S/C28H29F3/c1-3-5-6-23-17-22-15-16-24(27(30)25(22)28(31)26(23)29)21-13-11-20(12-14-21)19-9-7-18(4-2)8-10-19/h3,11-19H,1,4-10H2,2H3. The first-order valence-corrected chi connectivity index (χ1v) is 11.3. The number of rotatable bonds is 6. The number of hydrogen-bond donors (Lipinski definition) is 0. The maximum atomic E-state index is 15.3. The molecule has 0 saturated heterocycles. The van der Waals surface area contributed by atoms with Crippen LogP contribution in [0.15, 0.2) is 55.1 Å². The van der Waals surface area contributed by atoms with Crippen LogP contribution in [0.2, 0.25) is 0 Å². The van der Waals surface area contributed by atoms with E-state index in [1.807, 2.05) is 12.1 Å².